The van der Waals surface area contributed by atoms with Crippen molar-refractivity contribution in [1.82, 2.24) is 0 Å². The van der Waals surface area contributed by atoms with Gasteiger partial charge in [-0.25, -0.2) is 0 Å². The van der Waals surface area contributed by atoms with Gasteiger partial charge in [0.25, 0.3) is 0 Å². The zero-order chi connectivity index (χ0) is 12.5. The second-order valence-electron chi connectivity index (χ2n) is 4.30. The van der Waals surface area contributed by atoms with Gasteiger partial charge in [-0.2, -0.15) is 10.5 Å². The first-order valence-corrected chi connectivity index (χ1v) is 5.35. The lowest BCUT2D eigenvalue weighted by Crippen LogP contribution is -2.55. The predicted molar refractivity (Wildman–Crippen MR) is 55.0 cm³/mol. The maximum Gasteiger partial charge on any atom is 0.482 e. The van der Waals surface area contributed by atoms with Crippen LogP contribution in [0, 0.1) is 38.2 Å². The molecule has 0 radical (unpaired) electrons. The van der Waals surface area contributed by atoms with Crippen molar-refractivity contribution in [1.29, 1.82) is 10.5 Å². The van der Waals surface area contributed by atoms with Gasteiger partial charge in [-0.1, -0.05) is 24.4 Å². The smallest absolute Gasteiger partial charge is 0.303 e. The van der Waals surface area contributed by atoms with Gasteiger partial charge in [0.1, 0.15) is 6.07 Å². The summed E-state index contributed by atoms with van der Waals surface area (Å²) < 4.78 is 0. The molecule has 88 valence electrons. The summed E-state index contributed by atoms with van der Waals surface area (Å²) in [4.78, 5) is 15.2. The van der Waals surface area contributed by atoms with Crippen molar-refractivity contribution in [2.45, 2.75) is 37.8 Å². The fourth-order valence-electron chi connectivity index (χ4n) is 2.68. The highest BCUT2D eigenvalue weighted by Crippen LogP contribution is 2.51. The molecule has 1 heterocycles. The average molecular weight is 234 g/mol. The molecular weight excluding hydrogens is 224 g/mol. The first kappa shape index (κ1) is 11.3. The Balaban J connectivity index is 2.54. The second-order valence-corrected chi connectivity index (χ2v) is 4.30. The van der Waals surface area contributed by atoms with Crippen LogP contribution >= 0.6 is 0 Å². The van der Waals surface area contributed by atoms with Gasteiger partial charge in [-0.05, 0) is 12.8 Å². The summed E-state index contributed by atoms with van der Waals surface area (Å²) in [5.41, 5.74) is -3.41. The molecule has 0 unspecified atom stereocenters. The Bertz CT molecular complexity index is 467. The number of rotatable bonds is 1. The van der Waals surface area contributed by atoms with Crippen molar-refractivity contribution < 1.29 is 9.76 Å². The molecular formula is C10H10N4O3. The molecule has 7 nitrogen and oxygen atoms in total. The highest BCUT2D eigenvalue weighted by molar-refractivity contribution is 6.04. The summed E-state index contributed by atoms with van der Waals surface area (Å²) in [7, 11) is 0. The van der Waals surface area contributed by atoms with Crippen molar-refractivity contribution in [3.05, 3.63) is 10.1 Å². The highest BCUT2D eigenvalue weighted by atomic mass is 16.7. The van der Waals surface area contributed by atoms with E-state index < -0.39 is 16.1 Å². The SMILES string of the molecule is N#CC1=NO[C@](C#N)([N+](=O)[O-])C12CCCCC2. The van der Waals surface area contributed by atoms with Crippen LogP contribution in [-0.2, 0) is 4.84 Å². The van der Waals surface area contributed by atoms with Crippen LogP contribution in [0.4, 0.5) is 0 Å². The Morgan fingerprint density at radius 2 is 2.00 bits per heavy atom. The third kappa shape index (κ3) is 1.22. The van der Waals surface area contributed by atoms with E-state index in [-0.39, 0.29) is 5.71 Å². The summed E-state index contributed by atoms with van der Waals surface area (Å²) in [5.74, 6) is 0. The van der Waals surface area contributed by atoms with Crippen molar-refractivity contribution in [2.75, 3.05) is 0 Å². The molecule has 1 fully saturated rings. The van der Waals surface area contributed by atoms with Gasteiger partial charge in [0, 0.05) is 0 Å². The zero-order valence-corrected chi connectivity index (χ0v) is 9.05. The Labute approximate surface area is 97.4 Å². The zero-order valence-electron chi connectivity index (χ0n) is 9.05. The molecule has 0 aromatic rings. The number of nitro groups is 1. The Morgan fingerprint density at radius 3 is 2.47 bits per heavy atom. The molecule has 1 aliphatic heterocycles. The molecule has 0 N–H and O–H groups in total. The van der Waals surface area contributed by atoms with Crippen LogP contribution in [0.5, 0.6) is 0 Å². The molecule has 0 saturated heterocycles. The Morgan fingerprint density at radius 1 is 1.35 bits per heavy atom. The largest absolute Gasteiger partial charge is 0.482 e. The Hall–Kier alpha value is -2.15. The minimum Gasteiger partial charge on any atom is -0.303 e. The molecule has 17 heavy (non-hydrogen) atoms. The van der Waals surface area contributed by atoms with Crippen molar-refractivity contribution >= 4 is 5.71 Å². The predicted octanol–water partition coefficient (Wildman–Crippen LogP) is 1.34. The van der Waals surface area contributed by atoms with Gasteiger partial charge >= 0.3 is 5.72 Å². The molecule has 1 atom stereocenters. The lowest BCUT2D eigenvalue weighted by atomic mass is 9.65. The van der Waals surface area contributed by atoms with E-state index in [2.05, 4.69) is 5.16 Å². The molecule has 0 amide bonds. The van der Waals surface area contributed by atoms with Gasteiger partial charge in [-0.15, -0.1) is 0 Å². The summed E-state index contributed by atoms with van der Waals surface area (Å²) in [6.45, 7) is 0. The topological polar surface area (TPSA) is 112 Å². The van der Waals surface area contributed by atoms with E-state index in [4.69, 9.17) is 15.4 Å². The van der Waals surface area contributed by atoms with Crippen LogP contribution in [0.25, 0.3) is 0 Å². The van der Waals surface area contributed by atoms with Crippen LogP contribution in [0.2, 0.25) is 0 Å². The van der Waals surface area contributed by atoms with Gasteiger partial charge in [0.15, 0.2) is 17.2 Å². The van der Waals surface area contributed by atoms with Crippen LogP contribution in [0.1, 0.15) is 32.1 Å². The summed E-state index contributed by atoms with van der Waals surface area (Å²) in [6.07, 6.45) is 3.21. The fraction of sp³-hybridized carbons (Fsp3) is 0.700. The number of nitrogens with zero attached hydrogens (tertiary/aromatic N) is 4. The van der Waals surface area contributed by atoms with E-state index in [1.807, 2.05) is 6.07 Å². The third-order valence-corrected chi connectivity index (χ3v) is 3.59. The van der Waals surface area contributed by atoms with Crippen LogP contribution < -0.4 is 0 Å². The molecule has 1 saturated carbocycles. The van der Waals surface area contributed by atoms with Crippen molar-refractivity contribution in [3.63, 3.8) is 0 Å². The number of oxime groups is 1. The summed E-state index contributed by atoms with van der Waals surface area (Å²) >= 11 is 0. The number of nitriles is 2. The van der Waals surface area contributed by atoms with Crippen molar-refractivity contribution in [2.24, 2.45) is 10.6 Å². The minimum atomic E-state index is -2.22. The number of hydrogen-bond acceptors (Lipinski definition) is 6. The Kier molecular flexibility index (Phi) is 2.47. The molecule has 7 heteroatoms. The van der Waals surface area contributed by atoms with E-state index in [1.165, 1.54) is 0 Å². The maximum atomic E-state index is 11.2. The van der Waals surface area contributed by atoms with Gasteiger partial charge in [-0.3, -0.25) is 10.1 Å². The second kappa shape index (κ2) is 3.70. The van der Waals surface area contributed by atoms with Crippen LogP contribution in [-0.4, -0.2) is 16.4 Å². The molecule has 2 rings (SSSR count). The normalized spacial score (nSPS) is 29.9. The molecule has 1 spiro atoms. The first-order valence-electron chi connectivity index (χ1n) is 5.35. The summed E-state index contributed by atoms with van der Waals surface area (Å²) in [6, 6.07) is 3.45. The first-order chi connectivity index (χ1) is 8.13. The van der Waals surface area contributed by atoms with E-state index in [0.29, 0.717) is 12.8 Å². The van der Waals surface area contributed by atoms with Crippen LogP contribution in [0.3, 0.4) is 0 Å². The van der Waals surface area contributed by atoms with E-state index in [9.17, 15) is 10.1 Å². The summed E-state index contributed by atoms with van der Waals surface area (Å²) in [5, 5.41) is 32.8. The highest BCUT2D eigenvalue weighted by Gasteiger charge is 2.72. The van der Waals surface area contributed by atoms with Gasteiger partial charge < -0.3 is 4.84 Å². The van der Waals surface area contributed by atoms with Crippen LogP contribution in [0.15, 0.2) is 5.16 Å². The average Bonchev–Trinajstić information content (AvgIpc) is 2.64. The van der Waals surface area contributed by atoms with Gasteiger partial charge in [0.2, 0.25) is 0 Å². The third-order valence-electron chi connectivity index (χ3n) is 3.59. The molecule has 1 aliphatic carbocycles. The standard InChI is InChI=1S/C10H10N4O3/c11-6-8-9(4-2-1-3-5-9)10(7-12,14(15)16)17-13-8/h1-5H2/t10-/m0/s1. The molecule has 0 aromatic carbocycles. The molecule has 2 aliphatic rings. The molecule has 0 aromatic heterocycles. The lowest BCUT2D eigenvalue weighted by Gasteiger charge is -2.34. The van der Waals surface area contributed by atoms with E-state index in [1.54, 1.807) is 6.07 Å². The van der Waals surface area contributed by atoms with Crippen molar-refractivity contribution in [3.8, 4) is 12.1 Å². The fourth-order valence-corrected chi connectivity index (χ4v) is 2.68. The minimum absolute atomic E-state index is 0.0181. The monoisotopic (exact) mass is 234 g/mol. The lowest BCUT2D eigenvalue weighted by molar-refractivity contribution is -0.625. The van der Waals surface area contributed by atoms with E-state index in [0.717, 1.165) is 19.3 Å². The maximum absolute atomic E-state index is 11.2. The van der Waals surface area contributed by atoms with E-state index >= 15 is 0 Å². The number of hydrogen-bond donors (Lipinski definition) is 0. The molecule has 0 bridgehead atoms. The quantitative estimate of drug-likeness (QED) is 0.501. The van der Waals surface area contributed by atoms with Gasteiger partial charge in [0.05, 0.1) is 4.92 Å².